The lowest BCUT2D eigenvalue weighted by Crippen LogP contribution is -2.49. The number of amides is 2. The number of hydrogen-bond acceptors (Lipinski definition) is 4. The van der Waals surface area contributed by atoms with E-state index in [1.807, 2.05) is 39.5 Å². The van der Waals surface area contributed by atoms with Crippen molar-refractivity contribution in [2.45, 2.75) is 71.6 Å². The van der Waals surface area contributed by atoms with Crippen LogP contribution in [0.15, 0.2) is 0 Å². The lowest BCUT2D eigenvalue weighted by atomic mass is 10.0. The summed E-state index contributed by atoms with van der Waals surface area (Å²) in [6.07, 6.45) is 2.79. The van der Waals surface area contributed by atoms with E-state index < -0.39 is 11.6 Å². The van der Waals surface area contributed by atoms with E-state index in [0.29, 0.717) is 31.6 Å². The van der Waals surface area contributed by atoms with Crippen LogP contribution in [-0.2, 0) is 9.53 Å². The van der Waals surface area contributed by atoms with E-state index >= 15 is 0 Å². The van der Waals surface area contributed by atoms with Gasteiger partial charge < -0.3 is 20.3 Å². The summed E-state index contributed by atoms with van der Waals surface area (Å²) in [6, 6.07) is -0.0909. The molecule has 1 aliphatic carbocycles. The first-order valence-corrected chi connectivity index (χ1v) is 9.12. The van der Waals surface area contributed by atoms with Crippen LogP contribution >= 0.6 is 0 Å². The Labute approximate surface area is 145 Å². The maximum absolute atomic E-state index is 12.7. The third kappa shape index (κ3) is 5.10. The Balaban J connectivity index is 1.90. The molecule has 2 fully saturated rings. The summed E-state index contributed by atoms with van der Waals surface area (Å²) in [5.41, 5.74) is 5.59. The minimum atomic E-state index is -0.477. The third-order valence-corrected chi connectivity index (χ3v) is 4.67. The van der Waals surface area contributed by atoms with E-state index in [-0.39, 0.29) is 17.9 Å². The summed E-state index contributed by atoms with van der Waals surface area (Å²) in [7, 11) is 0. The van der Waals surface area contributed by atoms with Gasteiger partial charge in [0.2, 0.25) is 5.91 Å². The highest BCUT2D eigenvalue weighted by atomic mass is 16.6. The highest BCUT2D eigenvalue weighted by molar-refractivity contribution is 5.82. The van der Waals surface area contributed by atoms with Crippen LogP contribution in [0.3, 0.4) is 0 Å². The highest BCUT2D eigenvalue weighted by Gasteiger charge is 2.38. The van der Waals surface area contributed by atoms with Gasteiger partial charge in [-0.1, -0.05) is 13.8 Å². The van der Waals surface area contributed by atoms with Crippen molar-refractivity contribution in [1.82, 2.24) is 9.80 Å². The summed E-state index contributed by atoms with van der Waals surface area (Å²) in [6.45, 7) is 11.6. The normalized spacial score (nSPS) is 22.6. The number of rotatable bonds is 5. The van der Waals surface area contributed by atoms with Gasteiger partial charge in [0.05, 0.1) is 6.04 Å². The van der Waals surface area contributed by atoms with Crippen molar-refractivity contribution in [3.8, 4) is 0 Å². The molecular formula is C18H33N3O3. The summed E-state index contributed by atoms with van der Waals surface area (Å²) < 4.78 is 5.44. The minimum Gasteiger partial charge on any atom is -0.444 e. The van der Waals surface area contributed by atoms with Crippen LogP contribution in [0, 0.1) is 11.8 Å². The van der Waals surface area contributed by atoms with Crippen molar-refractivity contribution in [3.63, 3.8) is 0 Å². The lowest BCUT2D eigenvalue weighted by Gasteiger charge is -2.30. The molecule has 2 atom stereocenters. The molecule has 0 aromatic heterocycles. The van der Waals surface area contributed by atoms with Crippen LogP contribution in [0.5, 0.6) is 0 Å². The fourth-order valence-electron chi connectivity index (χ4n) is 3.03. The van der Waals surface area contributed by atoms with Crippen molar-refractivity contribution in [1.29, 1.82) is 0 Å². The molecule has 1 unspecified atom stereocenters. The first-order valence-electron chi connectivity index (χ1n) is 9.12. The first kappa shape index (κ1) is 19.0. The van der Waals surface area contributed by atoms with Gasteiger partial charge in [-0.2, -0.15) is 0 Å². The van der Waals surface area contributed by atoms with Gasteiger partial charge in [0.1, 0.15) is 5.60 Å². The molecule has 1 aliphatic heterocycles. The molecule has 138 valence electrons. The zero-order valence-electron chi connectivity index (χ0n) is 15.7. The van der Waals surface area contributed by atoms with Crippen molar-refractivity contribution in [2.75, 3.05) is 19.6 Å². The van der Waals surface area contributed by atoms with Crippen molar-refractivity contribution >= 4 is 12.0 Å². The van der Waals surface area contributed by atoms with Crippen LogP contribution in [0.2, 0.25) is 0 Å². The van der Waals surface area contributed by atoms with Crippen molar-refractivity contribution in [2.24, 2.45) is 17.6 Å². The fraction of sp³-hybridized carbons (Fsp3) is 0.889. The Hall–Kier alpha value is -1.30. The predicted molar refractivity (Wildman–Crippen MR) is 93.5 cm³/mol. The quantitative estimate of drug-likeness (QED) is 0.833. The van der Waals surface area contributed by atoms with Gasteiger partial charge in [0.15, 0.2) is 0 Å². The van der Waals surface area contributed by atoms with E-state index in [0.717, 1.165) is 19.3 Å². The smallest absolute Gasteiger partial charge is 0.410 e. The number of nitrogens with two attached hydrogens (primary N) is 1. The second kappa shape index (κ2) is 7.30. The molecule has 6 nitrogen and oxygen atoms in total. The molecule has 2 N–H and O–H groups in total. The largest absolute Gasteiger partial charge is 0.444 e. The molecule has 0 aromatic rings. The van der Waals surface area contributed by atoms with Gasteiger partial charge in [0, 0.05) is 25.7 Å². The average Bonchev–Trinajstić information content (AvgIpc) is 3.19. The van der Waals surface area contributed by atoms with Gasteiger partial charge >= 0.3 is 6.09 Å². The topological polar surface area (TPSA) is 75.9 Å². The maximum atomic E-state index is 12.7. The Morgan fingerprint density at radius 2 is 1.88 bits per heavy atom. The molecule has 24 heavy (non-hydrogen) atoms. The standard InChI is InChI=1S/C18H33N3O3/c1-12(2)15(19)16(22)21(14-6-7-14)11-13-8-9-20(10-13)17(23)24-18(3,4)5/h12-15H,6-11,19H2,1-5H3/t13?,15-/m0/s1. The number of hydrogen-bond donors (Lipinski definition) is 1. The minimum absolute atomic E-state index is 0.0585. The van der Waals surface area contributed by atoms with Gasteiger partial charge in [-0.25, -0.2) is 4.79 Å². The Morgan fingerprint density at radius 3 is 2.38 bits per heavy atom. The van der Waals surface area contributed by atoms with Gasteiger partial charge in [-0.3, -0.25) is 4.79 Å². The van der Waals surface area contributed by atoms with E-state index in [1.54, 1.807) is 4.90 Å². The van der Waals surface area contributed by atoms with Crippen LogP contribution in [0.25, 0.3) is 0 Å². The monoisotopic (exact) mass is 339 g/mol. The molecule has 2 amide bonds. The first-order chi connectivity index (χ1) is 11.1. The number of nitrogens with zero attached hydrogens (tertiary/aromatic N) is 2. The number of carbonyl (C=O) groups excluding carboxylic acids is 2. The predicted octanol–water partition coefficient (Wildman–Crippen LogP) is 2.22. The SMILES string of the molecule is CC(C)[C@H](N)C(=O)N(CC1CCN(C(=O)OC(C)(C)C)C1)C1CC1. The van der Waals surface area contributed by atoms with Crippen LogP contribution < -0.4 is 5.73 Å². The van der Waals surface area contributed by atoms with E-state index in [4.69, 9.17) is 10.5 Å². The third-order valence-electron chi connectivity index (χ3n) is 4.67. The molecule has 0 bridgehead atoms. The molecule has 1 saturated carbocycles. The van der Waals surface area contributed by atoms with E-state index in [2.05, 4.69) is 0 Å². The van der Waals surface area contributed by atoms with E-state index in [1.165, 1.54) is 0 Å². The second-order valence-corrected chi connectivity index (χ2v) is 8.57. The molecule has 0 spiro atoms. The van der Waals surface area contributed by atoms with Gasteiger partial charge in [-0.15, -0.1) is 0 Å². The zero-order valence-corrected chi connectivity index (χ0v) is 15.7. The van der Waals surface area contributed by atoms with E-state index in [9.17, 15) is 9.59 Å². The summed E-state index contributed by atoms with van der Waals surface area (Å²) in [4.78, 5) is 28.5. The van der Waals surface area contributed by atoms with Crippen molar-refractivity contribution in [3.05, 3.63) is 0 Å². The molecule has 0 aromatic carbocycles. The fourth-order valence-corrected chi connectivity index (χ4v) is 3.03. The summed E-state index contributed by atoms with van der Waals surface area (Å²) >= 11 is 0. The van der Waals surface area contributed by atoms with Gasteiger partial charge in [0.25, 0.3) is 0 Å². The summed E-state index contributed by atoms with van der Waals surface area (Å²) in [5, 5.41) is 0. The number of carbonyl (C=O) groups is 2. The van der Waals surface area contributed by atoms with Crippen LogP contribution in [0.1, 0.15) is 53.9 Å². The molecular weight excluding hydrogens is 306 g/mol. The number of ether oxygens (including phenoxy) is 1. The van der Waals surface area contributed by atoms with Crippen LogP contribution in [0.4, 0.5) is 4.79 Å². The van der Waals surface area contributed by atoms with Gasteiger partial charge in [-0.05, 0) is 51.9 Å². The number of likely N-dealkylation sites (tertiary alicyclic amines) is 1. The Kier molecular flexibility index (Phi) is 5.78. The van der Waals surface area contributed by atoms with Crippen LogP contribution in [-0.4, -0.2) is 59.1 Å². The Morgan fingerprint density at radius 1 is 1.25 bits per heavy atom. The molecule has 1 heterocycles. The molecule has 1 saturated heterocycles. The summed E-state index contributed by atoms with van der Waals surface area (Å²) in [5.74, 6) is 0.505. The lowest BCUT2D eigenvalue weighted by molar-refractivity contribution is -0.134. The molecule has 2 rings (SSSR count). The zero-order chi connectivity index (χ0) is 18.1. The Bertz CT molecular complexity index is 469. The second-order valence-electron chi connectivity index (χ2n) is 8.57. The maximum Gasteiger partial charge on any atom is 0.410 e. The average molecular weight is 339 g/mol. The highest BCUT2D eigenvalue weighted by Crippen LogP contribution is 2.30. The molecule has 0 radical (unpaired) electrons. The molecule has 2 aliphatic rings. The van der Waals surface area contributed by atoms with Crippen molar-refractivity contribution < 1.29 is 14.3 Å². The molecule has 6 heteroatoms.